The van der Waals surface area contributed by atoms with Gasteiger partial charge in [-0.05, 0) is 54.6 Å². The van der Waals surface area contributed by atoms with E-state index in [1.54, 1.807) is 0 Å². The number of ether oxygens (including phenoxy) is 2. The maximum atomic E-state index is 11.9. The van der Waals surface area contributed by atoms with Gasteiger partial charge >= 0.3 is 11.9 Å². The molecule has 1 fully saturated rings. The molecule has 0 amide bonds. The molecule has 2 aliphatic rings. The highest BCUT2D eigenvalue weighted by molar-refractivity contribution is 5.67. The molecule has 4 nitrogen and oxygen atoms in total. The highest BCUT2D eigenvalue weighted by Gasteiger charge is 2.56. The maximum Gasteiger partial charge on any atom is 0.303 e. The zero-order valence-corrected chi connectivity index (χ0v) is 18.3. The Morgan fingerprint density at radius 3 is 2.43 bits per heavy atom. The molecule has 0 aromatic rings. The number of fused-ring (bicyclic) bond motifs is 1. The number of allylic oxidation sites excluding steroid dienone is 3. The average Bonchev–Trinajstić information content (AvgIpc) is 2.56. The van der Waals surface area contributed by atoms with Gasteiger partial charge in [0.15, 0.2) is 0 Å². The Morgan fingerprint density at radius 2 is 1.86 bits per heavy atom. The van der Waals surface area contributed by atoms with Crippen LogP contribution in [0.4, 0.5) is 0 Å². The van der Waals surface area contributed by atoms with Gasteiger partial charge in [0.05, 0.1) is 0 Å². The molecule has 4 atom stereocenters. The van der Waals surface area contributed by atoms with Gasteiger partial charge in [0.1, 0.15) is 12.7 Å². The molecule has 28 heavy (non-hydrogen) atoms. The van der Waals surface area contributed by atoms with Crippen molar-refractivity contribution in [1.82, 2.24) is 0 Å². The smallest absolute Gasteiger partial charge is 0.303 e. The van der Waals surface area contributed by atoms with E-state index < -0.39 is 0 Å². The fourth-order valence-electron chi connectivity index (χ4n) is 5.62. The van der Waals surface area contributed by atoms with E-state index in [0.29, 0.717) is 0 Å². The minimum Gasteiger partial charge on any atom is -0.461 e. The van der Waals surface area contributed by atoms with E-state index >= 15 is 0 Å². The summed E-state index contributed by atoms with van der Waals surface area (Å²) < 4.78 is 11.2. The summed E-state index contributed by atoms with van der Waals surface area (Å²) in [4.78, 5) is 23.3. The molecule has 0 heterocycles. The van der Waals surface area contributed by atoms with E-state index in [0.717, 1.165) is 36.8 Å². The van der Waals surface area contributed by atoms with E-state index in [9.17, 15) is 9.59 Å². The van der Waals surface area contributed by atoms with Gasteiger partial charge in [-0.3, -0.25) is 9.59 Å². The fourth-order valence-corrected chi connectivity index (χ4v) is 5.62. The minimum atomic E-state index is -0.294. The molecule has 0 radical (unpaired) electrons. The van der Waals surface area contributed by atoms with Crippen LogP contribution in [0.5, 0.6) is 0 Å². The third-order valence-electron chi connectivity index (χ3n) is 6.78. The highest BCUT2D eigenvalue weighted by Crippen LogP contribution is 2.61. The van der Waals surface area contributed by atoms with Crippen LogP contribution >= 0.6 is 0 Å². The predicted molar refractivity (Wildman–Crippen MR) is 112 cm³/mol. The summed E-state index contributed by atoms with van der Waals surface area (Å²) in [6, 6.07) is 0. The molecule has 0 spiro atoms. The molecule has 156 valence electrons. The van der Waals surface area contributed by atoms with Crippen LogP contribution in [-0.2, 0) is 19.1 Å². The van der Waals surface area contributed by atoms with Crippen molar-refractivity contribution in [3.63, 3.8) is 0 Å². The van der Waals surface area contributed by atoms with Crippen molar-refractivity contribution in [2.24, 2.45) is 22.7 Å². The Bertz CT molecular complexity index is 685. The molecule has 0 N–H and O–H groups in total. The second-order valence-electron chi connectivity index (χ2n) is 9.36. The first-order valence-corrected chi connectivity index (χ1v) is 10.3. The number of hydrogen-bond acceptors (Lipinski definition) is 4. The standard InChI is InChI=1S/C24H36O4/c1-8-16(2)10-11-20-19(15-27-17(3)25)14-21(28-18(4)26)22-23(5,6)12-9-13-24(20,22)7/h8,10,14,20-22H,1,9,11-13,15H2,2-7H3. The largest absolute Gasteiger partial charge is 0.461 e. The lowest BCUT2D eigenvalue weighted by molar-refractivity contribution is -0.162. The molecular formula is C24H36O4. The minimum absolute atomic E-state index is 0.0376. The first-order chi connectivity index (χ1) is 13.0. The zero-order valence-electron chi connectivity index (χ0n) is 18.3. The molecule has 4 heteroatoms. The van der Waals surface area contributed by atoms with Gasteiger partial charge in [0.2, 0.25) is 0 Å². The summed E-state index contributed by atoms with van der Waals surface area (Å²) in [6.45, 7) is 16.0. The number of rotatable bonds is 6. The van der Waals surface area contributed by atoms with Gasteiger partial charge in [-0.15, -0.1) is 0 Å². The molecule has 1 saturated carbocycles. The number of carbonyl (C=O) groups is 2. The van der Waals surface area contributed by atoms with Crippen LogP contribution in [0.25, 0.3) is 0 Å². The molecule has 0 aromatic carbocycles. The van der Waals surface area contributed by atoms with E-state index in [1.165, 1.54) is 13.8 Å². The van der Waals surface area contributed by atoms with Crippen LogP contribution in [0, 0.1) is 22.7 Å². The molecule has 2 rings (SSSR count). The van der Waals surface area contributed by atoms with Gasteiger partial charge in [-0.1, -0.05) is 51.5 Å². The number of carbonyl (C=O) groups excluding carboxylic acids is 2. The molecule has 0 saturated heterocycles. The Labute approximate surface area is 170 Å². The molecule has 0 aliphatic heterocycles. The summed E-state index contributed by atoms with van der Waals surface area (Å²) in [5.74, 6) is -0.102. The summed E-state index contributed by atoms with van der Waals surface area (Å²) in [5.41, 5.74) is 2.23. The van der Waals surface area contributed by atoms with E-state index in [1.807, 2.05) is 6.08 Å². The third kappa shape index (κ3) is 4.76. The molecule has 4 unspecified atom stereocenters. The van der Waals surface area contributed by atoms with Gasteiger partial charge in [-0.2, -0.15) is 0 Å². The first-order valence-electron chi connectivity index (χ1n) is 10.3. The van der Waals surface area contributed by atoms with Crippen molar-refractivity contribution in [2.45, 2.75) is 73.3 Å². The predicted octanol–water partition coefficient (Wildman–Crippen LogP) is 5.39. The average molecular weight is 389 g/mol. The lowest BCUT2D eigenvalue weighted by Crippen LogP contribution is -2.55. The fraction of sp³-hybridized carbons (Fsp3) is 0.667. The SMILES string of the molecule is C=CC(C)=CCC1C(COC(C)=O)=CC(OC(C)=O)C2C(C)(C)CCCC12C. The normalized spacial score (nSPS) is 32.0. The third-order valence-corrected chi connectivity index (χ3v) is 6.78. The van der Waals surface area contributed by atoms with E-state index in [-0.39, 0.29) is 47.3 Å². The van der Waals surface area contributed by atoms with Crippen molar-refractivity contribution >= 4 is 11.9 Å². The Balaban J connectivity index is 2.54. The first kappa shape index (κ1) is 22.4. The number of esters is 2. The van der Waals surface area contributed by atoms with Crippen molar-refractivity contribution < 1.29 is 19.1 Å². The number of hydrogen-bond donors (Lipinski definition) is 0. The van der Waals surface area contributed by atoms with Crippen LogP contribution in [0.2, 0.25) is 0 Å². The van der Waals surface area contributed by atoms with E-state index in [2.05, 4.69) is 46.4 Å². The summed E-state index contributed by atoms with van der Waals surface area (Å²) in [5, 5.41) is 0. The topological polar surface area (TPSA) is 52.6 Å². The maximum absolute atomic E-state index is 11.9. The van der Waals surface area contributed by atoms with Crippen molar-refractivity contribution in [2.75, 3.05) is 6.61 Å². The van der Waals surface area contributed by atoms with Gasteiger partial charge in [-0.25, -0.2) is 0 Å². The highest BCUT2D eigenvalue weighted by atomic mass is 16.5. The second kappa shape index (κ2) is 8.67. The quantitative estimate of drug-likeness (QED) is 0.348. The van der Waals surface area contributed by atoms with Crippen LogP contribution in [0.1, 0.15) is 67.2 Å². The summed E-state index contributed by atoms with van der Waals surface area (Å²) >= 11 is 0. The van der Waals surface area contributed by atoms with Gasteiger partial charge in [0.25, 0.3) is 0 Å². The monoisotopic (exact) mass is 388 g/mol. The molecule has 0 bridgehead atoms. The van der Waals surface area contributed by atoms with Crippen LogP contribution < -0.4 is 0 Å². The molecular weight excluding hydrogens is 352 g/mol. The van der Waals surface area contributed by atoms with Crippen LogP contribution in [-0.4, -0.2) is 24.6 Å². The van der Waals surface area contributed by atoms with Crippen molar-refractivity contribution in [3.05, 3.63) is 36.0 Å². The van der Waals surface area contributed by atoms with Crippen molar-refractivity contribution in [1.29, 1.82) is 0 Å². The van der Waals surface area contributed by atoms with Crippen LogP contribution in [0.15, 0.2) is 36.0 Å². The summed E-state index contributed by atoms with van der Waals surface area (Å²) in [7, 11) is 0. The van der Waals surface area contributed by atoms with Crippen LogP contribution in [0.3, 0.4) is 0 Å². The summed E-state index contributed by atoms with van der Waals surface area (Å²) in [6.07, 6.45) is 10.1. The van der Waals surface area contributed by atoms with E-state index in [4.69, 9.17) is 9.47 Å². The molecule has 0 aromatic heterocycles. The lowest BCUT2D eigenvalue weighted by Gasteiger charge is -2.58. The lowest BCUT2D eigenvalue weighted by atomic mass is 9.47. The Hall–Kier alpha value is -1.84. The Kier molecular flexibility index (Phi) is 6.95. The Morgan fingerprint density at radius 1 is 1.18 bits per heavy atom. The zero-order chi connectivity index (χ0) is 21.1. The molecule has 2 aliphatic carbocycles. The second-order valence-corrected chi connectivity index (χ2v) is 9.36. The van der Waals surface area contributed by atoms with Gasteiger partial charge < -0.3 is 9.47 Å². The van der Waals surface area contributed by atoms with Crippen molar-refractivity contribution in [3.8, 4) is 0 Å². The van der Waals surface area contributed by atoms with Gasteiger partial charge in [0, 0.05) is 19.8 Å².